The predicted molar refractivity (Wildman–Crippen MR) is 109 cm³/mol. The second-order valence-corrected chi connectivity index (χ2v) is 8.15. The molecule has 2 aromatic rings. The van der Waals surface area contributed by atoms with Gasteiger partial charge in [0.05, 0.1) is 22.9 Å². The summed E-state index contributed by atoms with van der Waals surface area (Å²) in [5.74, 6) is -1.31. The molecule has 0 spiro atoms. The lowest BCUT2D eigenvalue weighted by Gasteiger charge is -2.32. The first kappa shape index (κ1) is 18.4. The number of carbonyl (C=O) groups excluding carboxylic acids is 1. The number of likely N-dealkylation sites (N-methyl/N-ethyl adjacent to an activating group) is 1. The number of halogens is 1. The molecule has 6 nitrogen and oxygen atoms in total. The van der Waals surface area contributed by atoms with Crippen LogP contribution in [0.5, 0.6) is 0 Å². The Balaban J connectivity index is 1.46. The van der Waals surface area contributed by atoms with E-state index in [1.54, 1.807) is 6.08 Å². The van der Waals surface area contributed by atoms with E-state index in [0.717, 1.165) is 44.7 Å². The quantitative estimate of drug-likeness (QED) is 0.797. The number of allylic oxidation sites excluding steroid dienone is 4. The van der Waals surface area contributed by atoms with E-state index in [1.165, 1.54) is 16.7 Å². The predicted octanol–water partition coefficient (Wildman–Crippen LogP) is 1.96. The van der Waals surface area contributed by atoms with E-state index < -0.39 is 17.8 Å². The summed E-state index contributed by atoms with van der Waals surface area (Å²) in [5.41, 5.74) is 1.37. The summed E-state index contributed by atoms with van der Waals surface area (Å²) < 4.78 is 15.0. The van der Waals surface area contributed by atoms with Gasteiger partial charge in [-0.05, 0) is 43.3 Å². The fourth-order valence-corrected chi connectivity index (χ4v) is 4.47. The Morgan fingerprint density at radius 1 is 1.17 bits per heavy atom. The number of nitrogens with zero attached hydrogens (tertiary/aromatic N) is 4. The second-order valence-electron chi connectivity index (χ2n) is 8.15. The highest BCUT2D eigenvalue weighted by Crippen LogP contribution is 2.36. The highest BCUT2D eigenvalue weighted by molar-refractivity contribution is 6.00. The molecule has 0 saturated carbocycles. The molecule has 29 heavy (non-hydrogen) atoms. The largest absolute Gasteiger partial charge is 0.304 e. The van der Waals surface area contributed by atoms with Gasteiger partial charge in [0.15, 0.2) is 5.82 Å². The van der Waals surface area contributed by atoms with E-state index in [9.17, 15) is 14.0 Å². The molecule has 2 aliphatic heterocycles. The lowest BCUT2D eigenvalue weighted by Crippen LogP contribution is -2.45. The number of hydrogen-bond donors (Lipinski definition) is 0. The molecule has 7 heteroatoms. The van der Waals surface area contributed by atoms with Gasteiger partial charge in [-0.25, -0.2) is 9.37 Å². The van der Waals surface area contributed by atoms with Gasteiger partial charge >= 0.3 is 0 Å². The van der Waals surface area contributed by atoms with Crippen molar-refractivity contribution in [2.75, 3.05) is 39.8 Å². The molecule has 0 amide bonds. The van der Waals surface area contributed by atoms with Crippen molar-refractivity contribution >= 4 is 16.7 Å². The molecule has 3 heterocycles. The molecule has 0 radical (unpaired) electrons. The van der Waals surface area contributed by atoms with Crippen molar-refractivity contribution in [2.24, 2.45) is 5.92 Å². The van der Waals surface area contributed by atoms with Gasteiger partial charge < -0.3 is 9.80 Å². The van der Waals surface area contributed by atoms with Gasteiger partial charge in [-0.15, -0.1) is 0 Å². The zero-order valence-corrected chi connectivity index (χ0v) is 16.3. The average Bonchev–Trinajstić information content (AvgIpc) is 3.00. The maximum absolute atomic E-state index is 13.6. The van der Waals surface area contributed by atoms with Crippen molar-refractivity contribution in [3.8, 4) is 0 Å². The monoisotopic (exact) mass is 394 g/mol. The number of fused-ring (bicyclic) bond motifs is 4. The molecule has 1 saturated heterocycles. The maximum atomic E-state index is 13.6. The molecule has 1 fully saturated rings. The first-order valence-corrected chi connectivity index (χ1v) is 10.1. The van der Waals surface area contributed by atoms with Crippen LogP contribution < -0.4 is 5.56 Å². The number of Topliss-reactive ketones (excluding diaryl/α,β-unsaturated/α-hetero) is 1. The zero-order valence-electron chi connectivity index (χ0n) is 16.3. The molecular weight excluding hydrogens is 371 g/mol. The van der Waals surface area contributed by atoms with Crippen LogP contribution in [0.1, 0.15) is 22.2 Å². The van der Waals surface area contributed by atoms with Crippen molar-refractivity contribution in [2.45, 2.75) is 12.5 Å². The van der Waals surface area contributed by atoms with Crippen molar-refractivity contribution in [3.05, 3.63) is 64.0 Å². The van der Waals surface area contributed by atoms with E-state index in [-0.39, 0.29) is 17.2 Å². The van der Waals surface area contributed by atoms with E-state index in [4.69, 9.17) is 0 Å². The van der Waals surface area contributed by atoms with Gasteiger partial charge in [-0.2, -0.15) is 0 Å². The molecule has 1 aromatic heterocycles. The number of rotatable bonds is 3. The van der Waals surface area contributed by atoms with Gasteiger partial charge in [-0.1, -0.05) is 12.1 Å². The Morgan fingerprint density at radius 3 is 2.76 bits per heavy atom. The van der Waals surface area contributed by atoms with Crippen LogP contribution in [0.2, 0.25) is 0 Å². The summed E-state index contributed by atoms with van der Waals surface area (Å²) in [4.78, 5) is 35.1. The Hall–Kier alpha value is -2.64. The number of carbonyl (C=O) groups is 1. The zero-order chi connectivity index (χ0) is 20.1. The minimum atomic E-state index is -0.686. The smallest absolute Gasteiger partial charge is 0.262 e. The van der Waals surface area contributed by atoms with Crippen molar-refractivity contribution < 1.29 is 9.18 Å². The third-order valence-electron chi connectivity index (χ3n) is 6.26. The number of ketones is 1. The Morgan fingerprint density at radius 2 is 1.97 bits per heavy atom. The van der Waals surface area contributed by atoms with Crippen molar-refractivity contribution in [1.82, 2.24) is 19.4 Å². The van der Waals surface area contributed by atoms with E-state index in [0.29, 0.717) is 10.9 Å². The van der Waals surface area contributed by atoms with Crippen molar-refractivity contribution in [1.29, 1.82) is 0 Å². The van der Waals surface area contributed by atoms with Gasteiger partial charge in [-0.3, -0.25) is 14.2 Å². The molecule has 150 valence electrons. The maximum Gasteiger partial charge on any atom is 0.262 e. The van der Waals surface area contributed by atoms with Crippen LogP contribution in [0.3, 0.4) is 0 Å². The molecular formula is C22H23FN4O2. The molecule has 1 aliphatic carbocycles. The van der Waals surface area contributed by atoms with Gasteiger partial charge in [0.2, 0.25) is 5.78 Å². The minimum absolute atomic E-state index is 0.123. The average molecular weight is 394 g/mol. The first-order valence-electron chi connectivity index (χ1n) is 10.1. The molecule has 1 aromatic carbocycles. The standard InChI is InChI=1S/C22H23FN4O2/c1-25-8-10-26(11-9-25)7-6-14-2-4-18-16(12-14)22(29)27-19-5-3-15(23)13-17(19)20(28)21(27)24-18/h2-5,12-13,17,19H,6-11H2,1H3. The van der Waals surface area contributed by atoms with Crippen LogP contribution in [0, 0.1) is 5.92 Å². The highest BCUT2D eigenvalue weighted by atomic mass is 19.1. The Kier molecular flexibility index (Phi) is 4.44. The van der Waals surface area contributed by atoms with Crippen molar-refractivity contribution in [3.63, 3.8) is 0 Å². The highest BCUT2D eigenvalue weighted by Gasteiger charge is 2.41. The number of aromatic nitrogens is 2. The molecule has 0 N–H and O–H groups in total. The van der Waals surface area contributed by atoms with Crippen LogP contribution in [0.15, 0.2) is 47.0 Å². The Labute approximate surface area is 167 Å². The summed E-state index contributed by atoms with van der Waals surface area (Å²) in [6, 6.07) is 5.21. The van der Waals surface area contributed by atoms with Crippen LogP contribution >= 0.6 is 0 Å². The number of benzene rings is 1. The van der Waals surface area contributed by atoms with Crippen LogP contribution in [-0.2, 0) is 6.42 Å². The molecule has 2 unspecified atom stereocenters. The SMILES string of the molecule is CN1CCN(CCc2ccc3nc4n(c(=O)c3c2)C2C=CC(F)=CC2C4=O)CC1. The lowest BCUT2D eigenvalue weighted by molar-refractivity contribution is 0.0949. The third-order valence-corrected chi connectivity index (χ3v) is 6.26. The molecule has 5 rings (SSSR count). The first-order chi connectivity index (χ1) is 14.0. The molecule has 3 aliphatic rings. The lowest BCUT2D eigenvalue weighted by atomic mass is 9.94. The summed E-state index contributed by atoms with van der Waals surface area (Å²) in [6.45, 7) is 5.23. The summed E-state index contributed by atoms with van der Waals surface area (Å²) in [7, 11) is 2.14. The molecule has 0 bridgehead atoms. The van der Waals surface area contributed by atoms with E-state index in [1.807, 2.05) is 18.2 Å². The summed E-state index contributed by atoms with van der Waals surface area (Å²) in [5, 5.41) is 0.515. The summed E-state index contributed by atoms with van der Waals surface area (Å²) in [6.07, 6.45) is 5.04. The van der Waals surface area contributed by atoms with Gasteiger partial charge in [0, 0.05) is 32.7 Å². The minimum Gasteiger partial charge on any atom is -0.304 e. The van der Waals surface area contributed by atoms with Crippen LogP contribution in [0.25, 0.3) is 10.9 Å². The van der Waals surface area contributed by atoms with Gasteiger partial charge in [0.25, 0.3) is 5.56 Å². The summed E-state index contributed by atoms with van der Waals surface area (Å²) >= 11 is 0. The third kappa shape index (κ3) is 3.14. The molecule has 2 atom stereocenters. The number of hydrogen-bond acceptors (Lipinski definition) is 5. The van der Waals surface area contributed by atoms with Crippen LogP contribution in [0.4, 0.5) is 4.39 Å². The topological polar surface area (TPSA) is 58.4 Å². The van der Waals surface area contributed by atoms with E-state index in [2.05, 4.69) is 21.8 Å². The van der Waals surface area contributed by atoms with E-state index >= 15 is 0 Å². The Bertz CT molecular complexity index is 1110. The van der Waals surface area contributed by atoms with Crippen LogP contribution in [-0.4, -0.2) is 64.9 Å². The normalized spacial score (nSPS) is 24.6. The fraction of sp³-hybridized carbons (Fsp3) is 0.409. The fourth-order valence-electron chi connectivity index (χ4n) is 4.47. The second kappa shape index (κ2) is 7.00. The van der Waals surface area contributed by atoms with Gasteiger partial charge in [0.1, 0.15) is 5.83 Å². The number of piperazine rings is 1.